The Labute approximate surface area is 174 Å². The Kier molecular flexibility index (Phi) is 5.18. The van der Waals surface area contributed by atoms with Gasteiger partial charge in [0.2, 0.25) is 10.0 Å². The summed E-state index contributed by atoms with van der Waals surface area (Å²) in [4.78, 5) is 19.9. The summed E-state index contributed by atoms with van der Waals surface area (Å²) in [7, 11) is -2.04. The number of amides is 1. The second kappa shape index (κ2) is 7.64. The van der Waals surface area contributed by atoms with E-state index in [9.17, 15) is 13.2 Å². The average Bonchev–Trinajstić information content (AvgIpc) is 3.35. The quantitative estimate of drug-likeness (QED) is 0.669. The van der Waals surface area contributed by atoms with Gasteiger partial charge >= 0.3 is 0 Å². The highest BCUT2D eigenvalue weighted by Gasteiger charge is 2.20. The maximum absolute atomic E-state index is 12.9. The number of fused-ring (bicyclic) bond motifs is 1. The van der Waals surface area contributed by atoms with Crippen LogP contribution in [0.25, 0.3) is 10.2 Å². The zero-order valence-corrected chi connectivity index (χ0v) is 17.9. The molecule has 0 spiro atoms. The third-order valence-corrected chi connectivity index (χ3v) is 7.27. The van der Waals surface area contributed by atoms with Gasteiger partial charge < -0.3 is 10.2 Å². The van der Waals surface area contributed by atoms with Gasteiger partial charge in [-0.1, -0.05) is 23.5 Å². The molecule has 3 aromatic rings. The summed E-state index contributed by atoms with van der Waals surface area (Å²) >= 11 is 1.62. The number of carbonyl (C=O) groups excluding carboxylic acids is 1. The van der Waals surface area contributed by atoms with Crippen molar-refractivity contribution in [3.05, 3.63) is 48.0 Å². The molecule has 1 fully saturated rings. The third-order valence-electron chi connectivity index (χ3n) is 5.00. The van der Waals surface area contributed by atoms with Crippen LogP contribution in [-0.2, 0) is 10.0 Å². The molecule has 9 heteroatoms. The van der Waals surface area contributed by atoms with Crippen molar-refractivity contribution in [2.45, 2.75) is 12.8 Å². The van der Waals surface area contributed by atoms with E-state index < -0.39 is 10.0 Å². The van der Waals surface area contributed by atoms with Crippen LogP contribution in [-0.4, -0.2) is 45.7 Å². The van der Waals surface area contributed by atoms with Gasteiger partial charge in [-0.05, 0) is 43.2 Å². The Hall–Kier alpha value is -2.65. The molecule has 1 N–H and O–H groups in total. The number of para-hydroxylation sites is 1. The maximum atomic E-state index is 12.9. The van der Waals surface area contributed by atoms with Gasteiger partial charge in [-0.15, -0.1) is 0 Å². The van der Waals surface area contributed by atoms with Gasteiger partial charge in [0.25, 0.3) is 5.91 Å². The molecule has 2 heterocycles. The Balaban J connectivity index is 1.59. The minimum Gasteiger partial charge on any atom is -0.348 e. The van der Waals surface area contributed by atoms with Crippen LogP contribution in [0, 0.1) is 0 Å². The second-order valence-electron chi connectivity index (χ2n) is 7.07. The second-order valence-corrected chi connectivity index (χ2v) is 10.1. The van der Waals surface area contributed by atoms with E-state index in [1.807, 2.05) is 18.2 Å². The van der Waals surface area contributed by atoms with Crippen LogP contribution < -0.4 is 14.5 Å². The normalized spacial score (nSPS) is 14.3. The highest BCUT2D eigenvalue weighted by molar-refractivity contribution is 7.92. The molecular formula is C20H22N4O3S2. The van der Waals surface area contributed by atoms with E-state index in [4.69, 9.17) is 4.98 Å². The molecule has 7 nitrogen and oxygen atoms in total. The number of sulfonamides is 1. The highest BCUT2D eigenvalue weighted by atomic mass is 32.2. The van der Waals surface area contributed by atoms with Crippen molar-refractivity contribution in [3.8, 4) is 0 Å². The number of benzene rings is 2. The molecule has 4 rings (SSSR count). The van der Waals surface area contributed by atoms with Crippen LogP contribution in [0.3, 0.4) is 0 Å². The van der Waals surface area contributed by atoms with Gasteiger partial charge in [0.1, 0.15) is 0 Å². The predicted molar refractivity (Wildman–Crippen MR) is 119 cm³/mol. The Morgan fingerprint density at radius 2 is 1.90 bits per heavy atom. The number of aromatic nitrogens is 1. The molecule has 1 aliphatic rings. The Morgan fingerprint density at radius 3 is 2.62 bits per heavy atom. The predicted octanol–water partition coefficient (Wildman–Crippen LogP) is 3.54. The van der Waals surface area contributed by atoms with Crippen LogP contribution >= 0.6 is 11.3 Å². The van der Waals surface area contributed by atoms with Crippen LogP contribution in [0.4, 0.5) is 16.5 Å². The van der Waals surface area contributed by atoms with Gasteiger partial charge in [0, 0.05) is 25.8 Å². The number of nitrogens with one attached hydrogen (secondary N) is 1. The number of nitrogens with zero attached hydrogens (tertiary/aromatic N) is 3. The summed E-state index contributed by atoms with van der Waals surface area (Å²) in [6.07, 6.45) is 3.49. The molecule has 1 aliphatic heterocycles. The van der Waals surface area contributed by atoms with Gasteiger partial charge in [-0.25, -0.2) is 13.4 Å². The first-order valence-corrected chi connectivity index (χ1v) is 12.0. The molecule has 0 radical (unpaired) electrons. The van der Waals surface area contributed by atoms with E-state index in [0.717, 1.165) is 39.0 Å². The van der Waals surface area contributed by atoms with Gasteiger partial charge in [0.05, 0.1) is 27.7 Å². The maximum Gasteiger partial charge on any atom is 0.257 e. The van der Waals surface area contributed by atoms with Crippen molar-refractivity contribution in [1.82, 2.24) is 4.98 Å². The molecule has 0 unspecified atom stereocenters. The lowest BCUT2D eigenvalue weighted by atomic mass is 10.1. The molecule has 152 valence electrons. The smallest absolute Gasteiger partial charge is 0.257 e. The van der Waals surface area contributed by atoms with Crippen molar-refractivity contribution >= 4 is 54.0 Å². The first kappa shape index (κ1) is 19.7. The molecule has 1 amide bonds. The van der Waals surface area contributed by atoms with Crippen molar-refractivity contribution in [3.63, 3.8) is 0 Å². The summed E-state index contributed by atoms with van der Waals surface area (Å²) in [5.41, 5.74) is 2.19. The Morgan fingerprint density at radius 1 is 1.17 bits per heavy atom. The summed E-state index contributed by atoms with van der Waals surface area (Å²) in [5, 5.41) is 3.90. The fourth-order valence-electron chi connectivity index (χ4n) is 3.35. The molecular weight excluding hydrogens is 408 g/mol. The van der Waals surface area contributed by atoms with E-state index in [-0.39, 0.29) is 5.91 Å². The SMILES string of the molecule is CN(c1ccccc1C(=O)Nc1ccc2nc(N3CCCC3)sc2c1)S(C)(=O)=O. The average molecular weight is 431 g/mol. The fraction of sp³-hybridized carbons (Fsp3) is 0.300. The van der Waals surface area contributed by atoms with E-state index in [2.05, 4.69) is 10.2 Å². The summed E-state index contributed by atoms with van der Waals surface area (Å²) in [5.74, 6) is -0.361. The summed E-state index contributed by atoms with van der Waals surface area (Å²) in [6.45, 7) is 2.07. The molecule has 2 aromatic carbocycles. The van der Waals surface area contributed by atoms with Crippen molar-refractivity contribution in [1.29, 1.82) is 0 Å². The van der Waals surface area contributed by atoms with Crippen molar-refractivity contribution in [2.24, 2.45) is 0 Å². The summed E-state index contributed by atoms with van der Waals surface area (Å²) in [6, 6.07) is 12.3. The fourth-order valence-corrected chi connectivity index (χ4v) is 4.92. The van der Waals surface area contributed by atoms with E-state index in [1.54, 1.807) is 35.6 Å². The number of thiazole rings is 1. The topological polar surface area (TPSA) is 82.6 Å². The number of hydrogen-bond acceptors (Lipinski definition) is 6. The molecule has 0 aliphatic carbocycles. The largest absolute Gasteiger partial charge is 0.348 e. The number of carbonyl (C=O) groups is 1. The zero-order chi connectivity index (χ0) is 20.6. The molecule has 0 atom stereocenters. The monoisotopic (exact) mass is 430 g/mol. The highest BCUT2D eigenvalue weighted by Crippen LogP contribution is 2.32. The lowest BCUT2D eigenvalue weighted by Gasteiger charge is -2.19. The van der Waals surface area contributed by atoms with Crippen molar-refractivity contribution < 1.29 is 13.2 Å². The lowest BCUT2D eigenvalue weighted by Crippen LogP contribution is -2.27. The summed E-state index contributed by atoms with van der Waals surface area (Å²) < 4.78 is 25.9. The van der Waals surface area contributed by atoms with Crippen LogP contribution in [0.1, 0.15) is 23.2 Å². The van der Waals surface area contributed by atoms with Crippen molar-refractivity contribution in [2.75, 3.05) is 40.9 Å². The number of hydrogen-bond donors (Lipinski definition) is 1. The molecule has 1 aromatic heterocycles. The van der Waals surface area contributed by atoms with E-state index >= 15 is 0 Å². The number of rotatable bonds is 5. The first-order chi connectivity index (χ1) is 13.8. The van der Waals surface area contributed by atoms with Gasteiger partial charge in [0.15, 0.2) is 5.13 Å². The lowest BCUT2D eigenvalue weighted by molar-refractivity contribution is 0.102. The van der Waals surface area contributed by atoms with Crippen LogP contribution in [0.5, 0.6) is 0 Å². The molecule has 1 saturated heterocycles. The van der Waals surface area contributed by atoms with Gasteiger partial charge in [-0.3, -0.25) is 9.10 Å². The minimum absolute atomic E-state index is 0.294. The van der Waals surface area contributed by atoms with E-state index in [0.29, 0.717) is 16.9 Å². The minimum atomic E-state index is -3.48. The Bertz CT molecular complexity index is 1170. The first-order valence-electron chi connectivity index (χ1n) is 9.33. The van der Waals surface area contributed by atoms with Crippen LogP contribution in [0.2, 0.25) is 0 Å². The van der Waals surface area contributed by atoms with Gasteiger partial charge in [-0.2, -0.15) is 0 Å². The number of anilines is 3. The molecule has 0 saturated carbocycles. The standard InChI is InChI=1S/C20H22N4O3S2/c1-23(29(2,26)27)17-8-4-3-7-15(17)19(25)21-14-9-10-16-18(13-14)28-20(22-16)24-11-5-6-12-24/h3-4,7-10,13H,5-6,11-12H2,1-2H3,(H,21,25). The van der Waals surface area contributed by atoms with E-state index in [1.165, 1.54) is 19.9 Å². The van der Waals surface area contributed by atoms with Crippen LogP contribution in [0.15, 0.2) is 42.5 Å². The molecule has 29 heavy (non-hydrogen) atoms. The third kappa shape index (κ3) is 4.06. The zero-order valence-electron chi connectivity index (χ0n) is 16.3. The molecule has 0 bridgehead atoms.